The predicted molar refractivity (Wildman–Crippen MR) is 90.1 cm³/mol. The molecule has 0 bridgehead atoms. The SMILES string of the molecule is CC(C)C[C@@H](NC(=O)c1ccccc1)c1nc2ccccc2o1. The molecule has 0 unspecified atom stereocenters. The van der Waals surface area contributed by atoms with E-state index in [1.165, 1.54) is 0 Å². The Morgan fingerprint density at radius 1 is 1.09 bits per heavy atom. The van der Waals surface area contributed by atoms with E-state index in [0.717, 1.165) is 17.5 Å². The molecular weight excluding hydrogens is 288 g/mol. The molecule has 23 heavy (non-hydrogen) atoms. The second-order valence-electron chi connectivity index (χ2n) is 6.04. The number of nitrogens with one attached hydrogen (secondary N) is 1. The average molecular weight is 308 g/mol. The van der Waals surface area contributed by atoms with Gasteiger partial charge in [0.15, 0.2) is 5.58 Å². The Kier molecular flexibility index (Phi) is 4.42. The lowest BCUT2D eigenvalue weighted by molar-refractivity contribution is 0.0925. The number of carbonyl (C=O) groups is 1. The van der Waals surface area contributed by atoms with Crippen LogP contribution in [0.2, 0.25) is 0 Å². The van der Waals surface area contributed by atoms with Gasteiger partial charge in [-0.15, -0.1) is 0 Å². The van der Waals surface area contributed by atoms with E-state index in [2.05, 4.69) is 24.1 Å². The lowest BCUT2D eigenvalue weighted by Gasteiger charge is -2.17. The van der Waals surface area contributed by atoms with E-state index in [1.807, 2.05) is 42.5 Å². The molecule has 0 fully saturated rings. The van der Waals surface area contributed by atoms with Gasteiger partial charge in [0.05, 0.1) is 0 Å². The quantitative estimate of drug-likeness (QED) is 0.762. The Bertz CT molecular complexity index is 760. The zero-order chi connectivity index (χ0) is 16.2. The molecule has 1 aromatic heterocycles. The summed E-state index contributed by atoms with van der Waals surface area (Å²) >= 11 is 0. The van der Waals surface area contributed by atoms with Crippen molar-refractivity contribution in [1.29, 1.82) is 0 Å². The van der Waals surface area contributed by atoms with Crippen molar-refractivity contribution in [3.05, 3.63) is 66.1 Å². The largest absolute Gasteiger partial charge is 0.438 e. The number of hydrogen-bond acceptors (Lipinski definition) is 3. The van der Waals surface area contributed by atoms with Crippen molar-refractivity contribution < 1.29 is 9.21 Å². The van der Waals surface area contributed by atoms with Gasteiger partial charge in [-0.1, -0.05) is 44.2 Å². The maximum Gasteiger partial charge on any atom is 0.251 e. The fraction of sp³-hybridized carbons (Fsp3) is 0.263. The van der Waals surface area contributed by atoms with Crippen LogP contribution in [0.4, 0.5) is 0 Å². The van der Waals surface area contributed by atoms with Crippen LogP contribution in [0.15, 0.2) is 59.0 Å². The van der Waals surface area contributed by atoms with Gasteiger partial charge < -0.3 is 9.73 Å². The molecule has 3 aromatic rings. The molecule has 0 radical (unpaired) electrons. The van der Waals surface area contributed by atoms with E-state index in [-0.39, 0.29) is 11.9 Å². The van der Waals surface area contributed by atoms with Gasteiger partial charge >= 0.3 is 0 Å². The van der Waals surface area contributed by atoms with E-state index < -0.39 is 0 Å². The summed E-state index contributed by atoms with van der Waals surface area (Å²) in [6.07, 6.45) is 0.769. The van der Waals surface area contributed by atoms with Gasteiger partial charge in [-0.25, -0.2) is 4.98 Å². The van der Waals surface area contributed by atoms with Crippen molar-refractivity contribution in [3.8, 4) is 0 Å². The number of oxazole rings is 1. The summed E-state index contributed by atoms with van der Waals surface area (Å²) in [7, 11) is 0. The first kappa shape index (κ1) is 15.3. The maximum absolute atomic E-state index is 12.4. The third-order valence-electron chi connectivity index (χ3n) is 3.66. The van der Waals surface area contributed by atoms with Crippen LogP contribution in [-0.4, -0.2) is 10.9 Å². The molecule has 118 valence electrons. The lowest BCUT2D eigenvalue weighted by atomic mass is 10.0. The topological polar surface area (TPSA) is 55.1 Å². The van der Waals surface area contributed by atoms with Crippen molar-refractivity contribution >= 4 is 17.0 Å². The van der Waals surface area contributed by atoms with Gasteiger partial charge in [0.25, 0.3) is 5.91 Å². The second kappa shape index (κ2) is 6.65. The Morgan fingerprint density at radius 3 is 2.48 bits per heavy atom. The maximum atomic E-state index is 12.4. The van der Waals surface area contributed by atoms with Crippen molar-refractivity contribution in [1.82, 2.24) is 10.3 Å². The number of rotatable bonds is 5. The van der Waals surface area contributed by atoms with Crippen LogP contribution < -0.4 is 5.32 Å². The van der Waals surface area contributed by atoms with E-state index >= 15 is 0 Å². The highest BCUT2D eigenvalue weighted by molar-refractivity contribution is 5.94. The molecule has 0 saturated carbocycles. The van der Waals surface area contributed by atoms with Crippen LogP contribution >= 0.6 is 0 Å². The molecule has 0 spiro atoms. The molecule has 0 aliphatic rings. The Morgan fingerprint density at radius 2 is 1.78 bits per heavy atom. The molecule has 1 heterocycles. The Labute approximate surface area is 135 Å². The summed E-state index contributed by atoms with van der Waals surface area (Å²) in [6.45, 7) is 4.23. The second-order valence-corrected chi connectivity index (χ2v) is 6.04. The number of benzene rings is 2. The zero-order valence-electron chi connectivity index (χ0n) is 13.3. The van der Waals surface area contributed by atoms with Crippen molar-refractivity contribution in [2.75, 3.05) is 0 Å². The molecule has 1 amide bonds. The fourth-order valence-corrected chi connectivity index (χ4v) is 2.56. The minimum atomic E-state index is -0.241. The third-order valence-corrected chi connectivity index (χ3v) is 3.66. The standard InChI is InChI=1S/C19H20N2O2/c1-13(2)12-16(20-18(22)14-8-4-3-5-9-14)19-21-15-10-6-7-11-17(15)23-19/h3-11,13,16H,12H2,1-2H3,(H,20,22)/t16-/m1/s1. The summed E-state index contributed by atoms with van der Waals surface area (Å²) in [6, 6.07) is 16.6. The summed E-state index contributed by atoms with van der Waals surface area (Å²) in [5.41, 5.74) is 2.19. The minimum Gasteiger partial charge on any atom is -0.438 e. The molecule has 0 aliphatic heterocycles. The molecule has 0 aliphatic carbocycles. The molecule has 2 aromatic carbocycles. The van der Waals surface area contributed by atoms with E-state index in [9.17, 15) is 4.79 Å². The molecule has 1 atom stereocenters. The van der Waals surface area contributed by atoms with E-state index in [1.54, 1.807) is 12.1 Å². The minimum absolute atomic E-state index is 0.112. The number of nitrogens with zero attached hydrogens (tertiary/aromatic N) is 1. The first-order valence-electron chi connectivity index (χ1n) is 7.85. The fourth-order valence-electron chi connectivity index (χ4n) is 2.56. The number of hydrogen-bond donors (Lipinski definition) is 1. The van der Waals surface area contributed by atoms with Crippen LogP contribution in [-0.2, 0) is 0 Å². The highest BCUT2D eigenvalue weighted by Gasteiger charge is 2.22. The van der Waals surface area contributed by atoms with Crippen LogP contribution in [0.3, 0.4) is 0 Å². The summed E-state index contributed by atoms with van der Waals surface area (Å²) < 4.78 is 5.84. The smallest absolute Gasteiger partial charge is 0.251 e. The van der Waals surface area contributed by atoms with E-state index in [4.69, 9.17) is 4.42 Å². The normalized spacial score (nSPS) is 12.5. The number of aromatic nitrogens is 1. The lowest BCUT2D eigenvalue weighted by Crippen LogP contribution is -2.29. The van der Waals surface area contributed by atoms with Crippen molar-refractivity contribution in [3.63, 3.8) is 0 Å². The summed E-state index contributed by atoms with van der Waals surface area (Å²) in [5, 5.41) is 3.05. The highest BCUT2D eigenvalue weighted by atomic mass is 16.3. The van der Waals surface area contributed by atoms with Gasteiger partial charge in [-0.05, 0) is 36.6 Å². The highest BCUT2D eigenvalue weighted by Crippen LogP contribution is 2.25. The number of para-hydroxylation sites is 2. The van der Waals surface area contributed by atoms with Gasteiger partial charge in [0.2, 0.25) is 5.89 Å². The van der Waals surface area contributed by atoms with E-state index in [0.29, 0.717) is 17.4 Å². The van der Waals surface area contributed by atoms with Crippen LogP contribution in [0, 0.1) is 5.92 Å². The van der Waals surface area contributed by atoms with Crippen LogP contribution in [0.5, 0.6) is 0 Å². The first-order valence-corrected chi connectivity index (χ1v) is 7.85. The van der Waals surface area contributed by atoms with Gasteiger partial charge in [-0.2, -0.15) is 0 Å². The van der Waals surface area contributed by atoms with Crippen molar-refractivity contribution in [2.24, 2.45) is 5.92 Å². The number of amides is 1. The molecule has 3 rings (SSSR count). The van der Waals surface area contributed by atoms with Crippen LogP contribution in [0.25, 0.3) is 11.1 Å². The van der Waals surface area contributed by atoms with Crippen LogP contribution in [0.1, 0.15) is 42.6 Å². The molecule has 1 N–H and O–H groups in total. The third kappa shape index (κ3) is 3.59. The van der Waals surface area contributed by atoms with Gasteiger partial charge in [0, 0.05) is 5.56 Å². The number of carbonyl (C=O) groups excluding carboxylic acids is 1. The van der Waals surface area contributed by atoms with Crippen molar-refractivity contribution in [2.45, 2.75) is 26.3 Å². The zero-order valence-corrected chi connectivity index (χ0v) is 13.3. The molecule has 4 heteroatoms. The molecular formula is C19H20N2O2. The Hall–Kier alpha value is -2.62. The first-order chi connectivity index (χ1) is 11.1. The molecule has 4 nitrogen and oxygen atoms in total. The summed E-state index contributed by atoms with van der Waals surface area (Å²) in [5.74, 6) is 0.855. The monoisotopic (exact) mass is 308 g/mol. The van der Waals surface area contributed by atoms with Gasteiger partial charge in [-0.3, -0.25) is 4.79 Å². The summed E-state index contributed by atoms with van der Waals surface area (Å²) in [4.78, 5) is 17.0. The Balaban J connectivity index is 1.87. The van der Waals surface area contributed by atoms with Gasteiger partial charge in [0.1, 0.15) is 11.6 Å². The molecule has 0 saturated heterocycles. The predicted octanol–water partition coefficient (Wildman–Crippen LogP) is 4.35. The average Bonchev–Trinajstić information content (AvgIpc) is 2.98. The number of fused-ring (bicyclic) bond motifs is 1.